The van der Waals surface area contributed by atoms with Crippen LogP contribution in [0.1, 0.15) is 21.0 Å². The lowest BCUT2D eigenvalue weighted by Gasteiger charge is -2.15. The van der Waals surface area contributed by atoms with Crippen molar-refractivity contribution in [3.05, 3.63) is 159 Å². The van der Waals surface area contributed by atoms with Crippen molar-refractivity contribution in [2.45, 2.75) is 0 Å². The van der Waals surface area contributed by atoms with Crippen LogP contribution < -0.4 is 25.4 Å². The number of aromatic nitrogens is 2. The number of carbonyl (C=O) groups is 2. The number of ether oxygens (including phenoxy) is 3. The minimum Gasteiger partial charge on any atom is -0.491 e. The van der Waals surface area contributed by atoms with Crippen molar-refractivity contribution >= 4 is 43.7 Å². The van der Waals surface area contributed by atoms with Gasteiger partial charge in [0.1, 0.15) is 55.3 Å². The summed E-state index contributed by atoms with van der Waals surface area (Å²) in [6.07, 6.45) is 2.90. The van der Waals surface area contributed by atoms with Gasteiger partial charge < -0.3 is 19.9 Å². The van der Waals surface area contributed by atoms with Crippen molar-refractivity contribution in [3.8, 4) is 39.5 Å². The van der Waals surface area contributed by atoms with Gasteiger partial charge in [0.15, 0.2) is 23.0 Å². The molecule has 0 aliphatic rings. The first-order valence-electron chi connectivity index (χ1n) is 16.5. The number of primary amides is 1. The lowest BCUT2D eigenvalue weighted by molar-refractivity contribution is 0.0196. The fourth-order valence-corrected chi connectivity index (χ4v) is 5.54. The molecule has 10 nitrogen and oxygen atoms in total. The van der Waals surface area contributed by atoms with Crippen LogP contribution in [0.25, 0.3) is 22.3 Å². The van der Waals surface area contributed by atoms with E-state index in [1.165, 1.54) is 60.9 Å². The van der Waals surface area contributed by atoms with Gasteiger partial charge in [-0.1, -0.05) is 30.3 Å². The number of nitrogens with one attached hydrogen (secondary N) is 1. The van der Waals surface area contributed by atoms with Crippen molar-refractivity contribution in [2.24, 2.45) is 5.73 Å². The molecule has 6 aromatic rings. The van der Waals surface area contributed by atoms with Gasteiger partial charge in [0.05, 0.1) is 8.95 Å². The highest BCUT2D eigenvalue weighted by molar-refractivity contribution is 9.10. The molecule has 2 aromatic heterocycles. The van der Waals surface area contributed by atoms with Gasteiger partial charge in [0, 0.05) is 18.0 Å². The van der Waals surface area contributed by atoms with Gasteiger partial charge in [-0.2, -0.15) is 0 Å². The van der Waals surface area contributed by atoms with E-state index in [9.17, 15) is 27.2 Å². The first-order chi connectivity index (χ1) is 27.0. The van der Waals surface area contributed by atoms with Crippen molar-refractivity contribution in [2.75, 3.05) is 26.4 Å². The third-order valence-electron chi connectivity index (χ3n) is 7.48. The number of hydrogen-bond donors (Lipinski definition) is 2. The molecule has 2 amide bonds. The Labute approximate surface area is 334 Å². The summed E-state index contributed by atoms with van der Waals surface area (Å²) < 4.78 is 70.4. The molecule has 288 valence electrons. The third-order valence-corrected chi connectivity index (χ3v) is 8.70. The number of nitrogens with zero attached hydrogens (tertiary/aromatic N) is 2. The maximum absolute atomic E-state index is 13.9. The van der Waals surface area contributed by atoms with E-state index in [4.69, 9.17) is 24.8 Å². The molecule has 2 heterocycles. The summed E-state index contributed by atoms with van der Waals surface area (Å²) in [7, 11) is 0. The fraction of sp³-hybridized carbons (Fsp3) is 0.100. The quantitative estimate of drug-likeness (QED) is 0.0630. The van der Waals surface area contributed by atoms with Crippen LogP contribution in [0, 0.1) is 23.3 Å². The summed E-state index contributed by atoms with van der Waals surface area (Å²) in [5, 5.41) is 0. The topological polar surface area (TPSA) is 135 Å². The number of hydroxylamine groups is 1. The number of pyridine rings is 2. The zero-order valence-corrected chi connectivity index (χ0v) is 32.2. The number of nitrogens with two attached hydrogens (primary N) is 1. The Morgan fingerprint density at radius 2 is 1.32 bits per heavy atom. The van der Waals surface area contributed by atoms with E-state index in [1.54, 1.807) is 54.6 Å². The van der Waals surface area contributed by atoms with Crippen LogP contribution in [0.15, 0.2) is 124 Å². The molecule has 0 aliphatic heterocycles. The van der Waals surface area contributed by atoms with Gasteiger partial charge in [-0.3, -0.25) is 19.4 Å². The van der Waals surface area contributed by atoms with E-state index in [1.807, 2.05) is 0 Å². The molecule has 0 spiro atoms. The van der Waals surface area contributed by atoms with E-state index in [2.05, 4.69) is 47.3 Å². The Morgan fingerprint density at radius 1 is 0.661 bits per heavy atom. The molecular formula is C40H30Br2F4N4O6. The summed E-state index contributed by atoms with van der Waals surface area (Å²) >= 11 is 6.16. The normalized spacial score (nSPS) is 10.5. The van der Waals surface area contributed by atoms with Crippen LogP contribution in [0.2, 0.25) is 0 Å². The maximum Gasteiger partial charge on any atom is 0.293 e. The number of amides is 2. The molecule has 0 aliphatic carbocycles. The summed E-state index contributed by atoms with van der Waals surface area (Å²) in [6, 6.07) is 25.5. The Kier molecular flexibility index (Phi) is 14.9. The SMILES string of the molecule is NC(=O)c1nccc(-c2ccc(F)cc2)c1OCCOc1cccc(Br)c1F.O=C(NOCCOc1ccc(F)c(Br)c1)c1cc(-c2ccc(F)cc2)ccn1. The lowest BCUT2D eigenvalue weighted by atomic mass is 10.0. The van der Waals surface area contributed by atoms with E-state index >= 15 is 0 Å². The Bertz CT molecular complexity index is 2290. The minimum atomic E-state index is -0.766. The molecule has 0 saturated heterocycles. The number of halogens is 6. The van der Waals surface area contributed by atoms with Crippen LogP contribution in [-0.2, 0) is 4.84 Å². The van der Waals surface area contributed by atoms with E-state index < -0.39 is 17.6 Å². The molecule has 0 atom stereocenters. The predicted octanol–water partition coefficient (Wildman–Crippen LogP) is 8.88. The van der Waals surface area contributed by atoms with Gasteiger partial charge >= 0.3 is 0 Å². The lowest BCUT2D eigenvalue weighted by Crippen LogP contribution is -2.26. The number of rotatable bonds is 14. The second-order valence-electron chi connectivity index (χ2n) is 11.3. The van der Waals surface area contributed by atoms with Crippen LogP contribution >= 0.6 is 31.9 Å². The van der Waals surface area contributed by atoms with Gasteiger partial charge in [0.2, 0.25) is 0 Å². The Morgan fingerprint density at radius 3 is 2.02 bits per heavy atom. The van der Waals surface area contributed by atoms with E-state index in [0.29, 0.717) is 21.3 Å². The third kappa shape index (κ3) is 11.6. The van der Waals surface area contributed by atoms with Crippen LogP contribution in [-0.4, -0.2) is 48.2 Å². The highest BCUT2D eigenvalue weighted by atomic mass is 79.9. The van der Waals surface area contributed by atoms with E-state index in [-0.39, 0.29) is 71.2 Å². The highest BCUT2D eigenvalue weighted by Crippen LogP contribution is 2.32. The molecule has 0 radical (unpaired) electrons. The Hall–Kier alpha value is -5.84. The van der Waals surface area contributed by atoms with Gasteiger partial charge in [-0.05, 0) is 121 Å². The Balaban J connectivity index is 0.000000214. The zero-order valence-electron chi connectivity index (χ0n) is 29.0. The summed E-state index contributed by atoms with van der Waals surface area (Å²) in [5.41, 5.74) is 10.4. The smallest absolute Gasteiger partial charge is 0.293 e. The predicted molar refractivity (Wildman–Crippen MR) is 206 cm³/mol. The molecule has 56 heavy (non-hydrogen) atoms. The standard InChI is InChI=1S/2C20H15BrF2N2O3/c21-17-12-16(5-6-18(17)23)27-9-10-28-25-20(26)19-11-14(7-8-24-19)13-1-3-15(22)4-2-13;21-15-2-1-3-16(17(15)23)27-10-11-28-19-14(8-9-25-18(19)20(24)26)12-4-6-13(22)7-5-12/h1-8,11-12H,9-10H2,(H,25,26);1-9H,10-11H2,(H2,24,26). The van der Waals surface area contributed by atoms with Gasteiger partial charge in [0.25, 0.3) is 11.8 Å². The zero-order chi connectivity index (χ0) is 40.0. The van der Waals surface area contributed by atoms with Crippen molar-refractivity contribution in [1.29, 1.82) is 0 Å². The van der Waals surface area contributed by atoms with E-state index in [0.717, 1.165) is 11.1 Å². The van der Waals surface area contributed by atoms with Crippen molar-refractivity contribution in [1.82, 2.24) is 15.4 Å². The minimum absolute atomic E-state index is 0.00607. The molecule has 16 heteroatoms. The van der Waals surface area contributed by atoms with Crippen LogP contribution in [0.3, 0.4) is 0 Å². The molecule has 3 N–H and O–H groups in total. The molecule has 4 aromatic carbocycles. The average Bonchev–Trinajstić information content (AvgIpc) is 3.20. The molecule has 0 bridgehead atoms. The van der Waals surface area contributed by atoms with Crippen molar-refractivity contribution in [3.63, 3.8) is 0 Å². The maximum atomic E-state index is 13.9. The molecule has 0 fully saturated rings. The van der Waals surface area contributed by atoms with Crippen LogP contribution in [0.4, 0.5) is 17.6 Å². The largest absolute Gasteiger partial charge is 0.491 e. The van der Waals surface area contributed by atoms with Gasteiger partial charge in [-0.15, -0.1) is 0 Å². The van der Waals surface area contributed by atoms with Crippen molar-refractivity contribution < 1.29 is 46.2 Å². The number of hydrogen-bond acceptors (Lipinski definition) is 8. The van der Waals surface area contributed by atoms with Crippen LogP contribution in [0.5, 0.6) is 17.2 Å². The van der Waals surface area contributed by atoms with Gasteiger partial charge in [-0.25, -0.2) is 28.0 Å². The highest BCUT2D eigenvalue weighted by Gasteiger charge is 2.18. The summed E-state index contributed by atoms with van der Waals surface area (Å²) in [4.78, 5) is 36.9. The summed E-state index contributed by atoms with van der Waals surface area (Å²) in [5.74, 6) is -2.22. The fourth-order valence-electron chi connectivity index (χ4n) is 4.83. The second kappa shape index (κ2) is 20.2. The average molecular weight is 899 g/mol. The number of carbonyl (C=O) groups excluding carboxylic acids is 2. The molecule has 0 unspecified atom stereocenters. The number of benzene rings is 4. The monoisotopic (exact) mass is 896 g/mol. The molecular weight excluding hydrogens is 868 g/mol. The summed E-state index contributed by atoms with van der Waals surface area (Å²) in [6.45, 7) is 0.259. The second-order valence-corrected chi connectivity index (χ2v) is 13.0. The molecule has 6 rings (SSSR count). The molecule has 0 saturated carbocycles. The first-order valence-corrected chi connectivity index (χ1v) is 18.0. The first kappa shape index (κ1) is 41.3.